The predicted octanol–water partition coefficient (Wildman–Crippen LogP) is 8.01. The lowest BCUT2D eigenvalue weighted by atomic mass is 10.0. The number of carbonyl (C=O) groups excluding carboxylic acids is 2. The summed E-state index contributed by atoms with van der Waals surface area (Å²) in [4.78, 5) is 26.0. The van der Waals surface area contributed by atoms with Gasteiger partial charge < -0.3 is 4.74 Å². The van der Waals surface area contributed by atoms with Crippen LogP contribution in [0.5, 0.6) is 0 Å². The van der Waals surface area contributed by atoms with E-state index in [9.17, 15) is 57.5 Å². The van der Waals surface area contributed by atoms with Crippen molar-refractivity contribution in [1.29, 1.82) is 5.26 Å². The second kappa shape index (κ2) is 14.4. The Balaban J connectivity index is 1.93. The van der Waals surface area contributed by atoms with Crippen LogP contribution in [-0.2, 0) is 23.3 Å². The number of nitrogens with zero attached hydrogens (tertiary/aromatic N) is 1. The van der Waals surface area contributed by atoms with Gasteiger partial charge in [0, 0.05) is 31.6 Å². The Labute approximate surface area is 273 Å². The van der Waals surface area contributed by atoms with Gasteiger partial charge in [0.2, 0.25) is 0 Å². The van der Waals surface area contributed by atoms with E-state index >= 15 is 0 Å². The van der Waals surface area contributed by atoms with Crippen molar-refractivity contribution in [3.63, 3.8) is 0 Å². The number of hydrogen-bond donors (Lipinski definition) is 0. The zero-order valence-electron chi connectivity index (χ0n) is 24.2. The minimum Gasteiger partial charge on any atom is -0.464 e. The monoisotopic (exact) mass is 747 g/mol. The van der Waals surface area contributed by atoms with Crippen LogP contribution in [-0.4, -0.2) is 62.1 Å². The third kappa shape index (κ3) is 8.10. The van der Waals surface area contributed by atoms with E-state index in [1.807, 2.05) is 30.3 Å². The number of nitriles is 1. The Bertz CT molecular complexity index is 1770. The number of benzene rings is 3. The van der Waals surface area contributed by atoms with Gasteiger partial charge in [0.1, 0.15) is 13.0 Å². The first-order chi connectivity index (χ1) is 22.1. The van der Waals surface area contributed by atoms with Crippen molar-refractivity contribution >= 4 is 43.9 Å². The van der Waals surface area contributed by atoms with Crippen molar-refractivity contribution in [2.45, 2.75) is 44.4 Å². The SMILES string of the molecule is CS(CCOC(=O)CC#N)(OS(=O)(=O)C(F)(F)C(F)(F)C(F)(F)C(F)(F)F)c1ccc(C(=O)c2ccc(Sc3ccccc3)cc2)cc1. The highest BCUT2D eigenvalue weighted by molar-refractivity contribution is 8.32. The highest BCUT2D eigenvalue weighted by Crippen LogP contribution is 2.60. The average Bonchev–Trinajstić information content (AvgIpc) is 3.00. The number of hydrogen-bond acceptors (Lipinski definition) is 8. The summed E-state index contributed by atoms with van der Waals surface area (Å²) in [7, 11) is -11.3. The molecule has 3 aromatic carbocycles. The number of esters is 1. The van der Waals surface area contributed by atoms with Crippen molar-refractivity contribution in [2.75, 3.05) is 18.6 Å². The van der Waals surface area contributed by atoms with Gasteiger partial charge in [0.25, 0.3) is 0 Å². The maximum Gasteiger partial charge on any atom is 0.460 e. The summed E-state index contributed by atoms with van der Waals surface area (Å²) in [5.41, 5.74) is 0.139. The van der Waals surface area contributed by atoms with E-state index in [0.717, 1.165) is 40.3 Å². The summed E-state index contributed by atoms with van der Waals surface area (Å²) in [6.45, 7) is -0.892. The van der Waals surface area contributed by atoms with Crippen LogP contribution in [0.4, 0.5) is 39.5 Å². The number of carbonyl (C=O) groups is 2. The first kappa shape index (κ1) is 38.7. The van der Waals surface area contributed by atoms with Crippen LogP contribution in [0, 0.1) is 11.3 Å². The molecule has 19 heteroatoms. The first-order valence-electron chi connectivity index (χ1n) is 13.0. The summed E-state index contributed by atoms with van der Waals surface area (Å²) in [5, 5.41) is 1.43. The van der Waals surface area contributed by atoms with Crippen molar-refractivity contribution in [1.82, 2.24) is 0 Å². The van der Waals surface area contributed by atoms with Crippen LogP contribution in [0.3, 0.4) is 0 Å². The van der Waals surface area contributed by atoms with Crippen molar-refractivity contribution in [3.8, 4) is 6.07 Å². The van der Waals surface area contributed by atoms with Gasteiger partial charge in [-0.1, -0.05) is 40.3 Å². The zero-order valence-corrected chi connectivity index (χ0v) is 26.6. The Morgan fingerprint density at radius 2 is 1.27 bits per heavy atom. The maximum absolute atomic E-state index is 14.5. The number of halogens is 9. The Kier molecular flexibility index (Phi) is 11.6. The first-order valence-corrected chi connectivity index (χ1v) is 17.4. The van der Waals surface area contributed by atoms with E-state index < -0.39 is 79.1 Å². The number of ketones is 1. The van der Waals surface area contributed by atoms with Gasteiger partial charge in [-0.2, -0.15) is 53.2 Å². The van der Waals surface area contributed by atoms with Gasteiger partial charge >= 0.3 is 39.4 Å². The summed E-state index contributed by atoms with van der Waals surface area (Å²) >= 11 is 1.41. The lowest BCUT2D eigenvalue weighted by molar-refractivity contribution is -0.382. The van der Waals surface area contributed by atoms with Crippen LogP contribution in [0.25, 0.3) is 0 Å². The van der Waals surface area contributed by atoms with E-state index in [1.54, 1.807) is 12.1 Å². The highest BCUT2D eigenvalue weighted by Gasteiger charge is 2.86. The van der Waals surface area contributed by atoms with Crippen LogP contribution < -0.4 is 0 Å². The topological polar surface area (TPSA) is 111 Å². The third-order valence-corrected chi connectivity index (χ3v) is 12.4. The highest BCUT2D eigenvalue weighted by atomic mass is 32.3. The molecule has 0 saturated carbocycles. The van der Waals surface area contributed by atoms with Crippen LogP contribution in [0.15, 0.2) is 93.5 Å². The van der Waals surface area contributed by atoms with Crippen LogP contribution in [0.1, 0.15) is 22.3 Å². The smallest absolute Gasteiger partial charge is 0.460 e. The molecule has 0 fully saturated rings. The van der Waals surface area contributed by atoms with E-state index in [-0.39, 0.29) is 11.1 Å². The molecule has 48 heavy (non-hydrogen) atoms. The molecule has 1 unspecified atom stereocenters. The number of alkyl halides is 9. The maximum atomic E-state index is 14.5. The lowest BCUT2D eigenvalue weighted by Crippen LogP contribution is -2.63. The largest absolute Gasteiger partial charge is 0.464 e. The molecule has 1 atom stereocenters. The van der Waals surface area contributed by atoms with Crippen LogP contribution in [0.2, 0.25) is 0 Å². The fourth-order valence-corrected chi connectivity index (χ4v) is 8.88. The second-order valence-electron chi connectivity index (χ2n) is 9.74. The van der Waals surface area contributed by atoms with Crippen molar-refractivity contribution in [3.05, 3.63) is 90.0 Å². The summed E-state index contributed by atoms with van der Waals surface area (Å²) in [6.07, 6.45) is -7.37. The van der Waals surface area contributed by atoms with Gasteiger partial charge in [-0.25, -0.2) is 3.63 Å². The minimum atomic E-state index is -7.54. The van der Waals surface area contributed by atoms with Gasteiger partial charge in [-0.3, -0.25) is 9.59 Å². The van der Waals surface area contributed by atoms with Gasteiger partial charge in [0.15, 0.2) is 5.78 Å². The van der Waals surface area contributed by atoms with E-state index in [4.69, 9.17) is 5.26 Å². The molecule has 3 aromatic rings. The Hall–Kier alpha value is -3.73. The molecule has 0 aliphatic rings. The van der Waals surface area contributed by atoms with Gasteiger partial charge in [-0.05, 0) is 66.9 Å². The predicted molar refractivity (Wildman–Crippen MR) is 156 cm³/mol. The molecular weight excluding hydrogens is 726 g/mol. The molecular formula is C29H22F9NO6S3. The number of ether oxygens (including phenoxy) is 1. The molecule has 0 bridgehead atoms. The standard InChI is InChI=1S/C29H22F9NO6S3/c1-47(18-17-44-24(40)15-16-39,45-48(42,43)29(37,38)27(32,33)26(30,31)28(34,35)36)23-13-9-20(10-14-23)25(41)19-7-11-22(12-8-19)46-21-5-3-2-4-6-21/h2-14H,15,17-18H2,1H3. The van der Waals surface area contributed by atoms with Gasteiger partial charge in [-0.15, -0.1) is 0 Å². The summed E-state index contributed by atoms with van der Waals surface area (Å²) in [5.74, 6) is -17.7. The molecule has 0 aromatic heterocycles. The fraction of sp³-hybridized carbons (Fsp3) is 0.276. The molecule has 0 saturated heterocycles. The Morgan fingerprint density at radius 1 is 0.771 bits per heavy atom. The molecule has 0 radical (unpaired) electrons. The van der Waals surface area contributed by atoms with Crippen LogP contribution >= 0.6 is 22.1 Å². The van der Waals surface area contributed by atoms with Crippen molar-refractivity contribution < 1.29 is 65.9 Å². The molecule has 0 amide bonds. The molecule has 7 nitrogen and oxygen atoms in total. The fourth-order valence-electron chi connectivity index (χ4n) is 3.74. The average molecular weight is 748 g/mol. The molecule has 0 heterocycles. The molecule has 0 N–H and O–H groups in total. The molecule has 0 spiro atoms. The van der Waals surface area contributed by atoms with Crippen molar-refractivity contribution in [2.24, 2.45) is 0 Å². The summed E-state index contributed by atoms with van der Waals surface area (Å²) in [6, 6.07) is 21.0. The quantitative estimate of drug-likeness (QED) is 0.0928. The second-order valence-corrected chi connectivity index (χ2v) is 15.7. The molecule has 0 aliphatic heterocycles. The van der Waals surface area contributed by atoms with E-state index in [1.165, 1.54) is 30.0 Å². The van der Waals surface area contributed by atoms with E-state index in [0.29, 0.717) is 0 Å². The van der Waals surface area contributed by atoms with Gasteiger partial charge in [0.05, 0.1) is 6.07 Å². The Morgan fingerprint density at radius 3 is 1.77 bits per heavy atom. The summed E-state index contributed by atoms with van der Waals surface area (Å²) < 4.78 is 156. The molecule has 260 valence electrons. The lowest BCUT2D eigenvalue weighted by Gasteiger charge is -2.38. The molecule has 3 rings (SSSR count). The number of rotatable bonds is 14. The zero-order chi connectivity index (χ0) is 36.2. The molecule has 0 aliphatic carbocycles. The normalized spacial score (nSPS) is 14.8. The third-order valence-electron chi connectivity index (χ3n) is 6.34. The van der Waals surface area contributed by atoms with E-state index in [2.05, 4.69) is 8.37 Å². The minimum absolute atomic E-state index is 0.0473.